The fourth-order valence-corrected chi connectivity index (χ4v) is 16.0. The number of anilines is 6. The van der Waals surface area contributed by atoms with Crippen molar-refractivity contribution in [3.05, 3.63) is 336 Å². The maximum atomic E-state index is 2.58. The molecule has 0 bridgehead atoms. The van der Waals surface area contributed by atoms with Crippen molar-refractivity contribution in [2.45, 2.75) is 77.0 Å². The van der Waals surface area contributed by atoms with Crippen LogP contribution in [0.5, 0.6) is 0 Å². The molecule has 442 valence electrons. The van der Waals surface area contributed by atoms with Gasteiger partial charge in [0.2, 0.25) is 0 Å². The van der Waals surface area contributed by atoms with E-state index in [9.17, 15) is 0 Å². The van der Waals surface area contributed by atoms with Gasteiger partial charge >= 0.3 is 0 Å². The fourth-order valence-electron chi connectivity index (χ4n) is 16.0. The van der Waals surface area contributed by atoms with E-state index in [0.29, 0.717) is 0 Å². The molecule has 0 saturated carbocycles. The number of fused-ring (bicyclic) bond motifs is 8. The monoisotopic (exact) mass is 1180 g/mol. The third-order valence-corrected chi connectivity index (χ3v) is 21.4. The number of hydrogen-bond donors (Lipinski definition) is 0. The van der Waals surface area contributed by atoms with Crippen LogP contribution in [0, 0.1) is 0 Å². The van der Waals surface area contributed by atoms with Gasteiger partial charge < -0.3 is 9.80 Å². The molecule has 17 rings (SSSR count). The minimum Gasteiger partial charge on any atom is -0.309 e. The highest BCUT2D eigenvalue weighted by molar-refractivity contribution is 5.98. The van der Waals surface area contributed by atoms with Crippen LogP contribution in [0.3, 0.4) is 0 Å². The minimum atomic E-state index is -0.284. The topological polar surface area (TPSA) is 6.48 Å². The van der Waals surface area contributed by atoms with Crippen molar-refractivity contribution in [2.75, 3.05) is 9.80 Å². The van der Waals surface area contributed by atoms with Gasteiger partial charge in [-0.05, 0) is 206 Å². The van der Waals surface area contributed by atoms with Crippen LogP contribution in [-0.4, -0.2) is 0 Å². The second-order valence-corrected chi connectivity index (χ2v) is 28.1. The summed E-state index contributed by atoms with van der Waals surface area (Å²) >= 11 is 0. The minimum absolute atomic E-state index is 0.284. The standard InChI is InChI=1S/C90H72N2/c1-87(2)73-49-67(57-21-13-9-14-22-57)41-45-81(73)91-82-46-42-68(58-23-15-10-16-24-58)50-74(82)88(3,4)78-54-71(53-77(87)85(78)91)65-37-33-63(34-38-65)61-29-31-62(32-30-61)64-35-39-66(40-36-64)72-55-79-86-80(56-72)90(7,8)76-52-70(60-27-19-12-20-28-60)44-48-84(76)92(86)83-47-43-69(51-75(83)89(79,5)6)59-25-17-11-18-26-59/h9-56H,1-8H3. The van der Waals surface area contributed by atoms with Gasteiger partial charge in [0.15, 0.2) is 0 Å². The number of nitrogens with zero attached hydrogens (tertiary/aromatic N) is 2. The lowest BCUT2D eigenvalue weighted by atomic mass is 9.65. The molecule has 4 heterocycles. The zero-order chi connectivity index (χ0) is 62.4. The Morgan fingerprint density at radius 1 is 0.163 bits per heavy atom. The first-order valence-electron chi connectivity index (χ1n) is 32.7. The van der Waals surface area contributed by atoms with Crippen molar-refractivity contribution in [1.29, 1.82) is 0 Å². The van der Waals surface area contributed by atoms with Gasteiger partial charge in [0.05, 0.1) is 34.1 Å². The molecule has 0 saturated heterocycles. The summed E-state index contributed by atoms with van der Waals surface area (Å²) in [4.78, 5) is 5.17. The molecule has 2 heteroatoms. The lowest BCUT2D eigenvalue weighted by molar-refractivity contribution is 0.597. The van der Waals surface area contributed by atoms with Crippen LogP contribution in [0.15, 0.2) is 291 Å². The predicted molar refractivity (Wildman–Crippen MR) is 388 cm³/mol. The maximum Gasteiger partial charge on any atom is 0.0544 e. The molecule has 0 unspecified atom stereocenters. The van der Waals surface area contributed by atoms with Crippen LogP contribution in [0.25, 0.3) is 89.0 Å². The molecule has 13 aromatic carbocycles. The lowest BCUT2D eigenvalue weighted by Crippen LogP contribution is -2.38. The molecule has 0 radical (unpaired) electrons. The first-order chi connectivity index (χ1) is 44.6. The van der Waals surface area contributed by atoms with Crippen LogP contribution in [0.2, 0.25) is 0 Å². The summed E-state index contributed by atoms with van der Waals surface area (Å²) in [5.41, 5.74) is 36.8. The number of rotatable bonds is 8. The van der Waals surface area contributed by atoms with Crippen LogP contribution < -0.4 is 9.80 Å². The number of hydrogen-bond acceptors (Lipinski definition) is 2. The molecule has 0 atom stereocenters. The van der Waals surface area contributed by atoms with Gasteiger partial charge in [-0.1, -0.05) is 274 Å². The van der Waals surface area contributed by atoms with Crippen molar-refractivity contribution in [3.63, 3.8) is 0 Å². The van der Waals surface area contributed by atoms with Crippen molar-refractivity contribution in [3.8, 4) is 89.0 Å². The molecule has 0 aliphatic carbocycles. The molecule has 0 aromatic heterocycles. The molecular weight excluding hydrogens is 1110 g/mol. The van der Waals surface area contributed by atoms with E-state index < -0.39 is 0 Å². The summed E-state index contributed by atoms with van der Waals surface area (Å²) in [5, 5.41) is 0. The van der Waals surface area contributed by atoms with Crippen LogP contribution in [-0.2, 0) is 21.7 Å². The zero-order valence-electron chi connectivity index (χ0n) is 53.6. The van der Waals surface area contributed by atoms with Crippen LogP contribution in [0.1, 0.15) is 99.9 Å². The molecule has 4 aliphatic heterocycles. The first kappa shape index (κ1) is 55.5. The van der Waals surface area contributed by atoms with E-state index in [0.717, 1.165) is 0 Å². The van der Waals surface area contributed by atoms with Gasteiger partial charge in [0, 0.05) is 21.7 Å². The second kappa shape index (κ2) is 20.5. The van der Waals surface area contributed by atoms with E-state index in [1.807, 2.05) is 0 Å². The molecule has 0 fully saturated rings. The molecule has 92 heavy (non-hydrogen) atoms. The fraction of sp³-hybridized carbons (Fsp3) is 0.133. The largest absolute Gasteiger partial charge is 0.309 e. The summed E-state index contributed by atoms with van der Waals surface area (Å²) in [6.07, 6.45) is 0. The molecule has 2 nitrogen and oxygen atoms in total. The quantitative estimate of drug-likeness (QED) is 0.150. The summed E-state index contributed by atoms with van der Waals surface area (Å²) in [6, 6.07) is 110. The Kier molecular flexibility index (Phi) is 12.4. The summed E-state index contributed by atoms with van der Waals surface area (Å²) < 4.78 is 0. The second-order valence-electron chi connectivity index (χ2n) is 28.1. The average molecular weight is 1180 g/mol. The Hall–Kier alpha value is -10.5. The molecule has 4 aliphatic rings. The van der Waals surface area contributed by atoms with E-state index in [1.54, 1.807) is 0 Å². The maximum absolute atomic E-state index is 2.58. The predicted octanol–water partition coefficient (Wildman–Crippen LogP) is 24.5. The van der Waals surface area contributed by atoms with Gasteiger partial charge in [-0.3, -0.25) is 0 Å². The SMILES string of the molecule is CC1(C)c2cc(-c3ccccc3)ccc2N2c3ccc(-c4ccccc4)cc3C(C)(C)c3cc(-c4ccc(-c5ccc(-c6ccc(-c7cc8c9c(c7)C(C)(C)c7cc(-c%10ccccc%10)ccc7N9c7ccc(-c9ccccc9)cc7C8(C)C)cc6)cc5)cc4)cc1c32. The molecule has 0 spiro atoms. The summed E-state index contributed by atoms with van der Waals surface area (Å²) in [7, 11) is 0. The summed E-state index contributed by atoms with van der Waals surface area (Å²) in [6.45, 7) is 19.4. The molecule has 13 aromatic rings. The molecule has 0 N–H and O–H groups in total. The normalized spacial score (nSPS) is 15.3. The third kappa shape index (κ3) is 8.53. The smallest absolute Gasteiger partial charge is 0.0544 e. The highest BCUT2D eigenvalue weighted by Crippen LogP contribution is 2.64. The zero-order valence-corrected chi connectivity index (χ0v) is 53.6. The van der Waals surface area contributed by atoms with Crippen LogP contribution in [0.4, 0.5) is 34.1 Å². The van der Waals surface area contributed by atoms with E-state index in [2.05, 4.69) is 356 Å². The highest BCUT2D eigenvalue weighted by atomic mass is 15.2. The Labute approximate surface area is 542 Å². The Bertz CT molecular complexity index is 4520. The molecular formula is C90H72N2. The van der Waals surface area contributed by atoms with Crippen LogP contribution >= 0.6 is 0 Å². The Morgan fingerprint density at radius 3 is 0.533 bits per heavy atom. The van der Waals surface area contributed by atoms with Gasteiger partial charge in [-0.25, -0.2) is 0 Å². The van der Waals surface area contributed by atoms with Crippen molar-refractivity contribution in [1.82, 2.24) is 0 Å². The van der Waals surface area contributed by atoms with Gasteiger partial charge in [-0.2, -0.15) is 0 Å². The van der Waals surface area contributed by atoms with Gasteiger partial charge in [0.1, 0.15) is 0 Å². The van der Waals surface area contributed by atoms with Crippen molar-refractivity contribution >= 4 is 34.1 Å². The lowest BCUT2D eigenvalue weighted by Gasteiger charge is -2.50. The Morgan fingerprint density at radius 2 is 0.326 bits per heavy atom. The van der Waals surface area contributed by atoms with Gasteiger partial charge in [-0.15, -0.1) is 0 Å². The van der Waals surface area contributed by atoms with E-state index in [-0.39, 0.29) is 21.7 Å². The summed E-state index contributed by atoms with van der Waals surface area (Å²) in [5.74, 6) is 0. The van der Waals surface area contributed by atoms with Crippen molar-refractivity contribution in [2.24, 2.45) is 0 Å². The number of benzene rings is 13. The molecule has 0 amide bonds. The third-order valence-electron chi connectivity index (χ3n) is 21.4. The Balaban J connectivity index is 0.699. The highest BCUT2D eigenvalue weighted by Gasteiger charge is 2.48. The van der Waals surface area contributed by atoms with E-state index in [1.165, 1.54) is 168 Å². The van der Waals surface area contributed by atoms with Crippen molar-refractivity contribution < 1.29 is 0 Å². The van der Waals surface area contributed by atoms with E-state index in [4.69, 9.17) is 0 Å². The first-order valence-corrected chi connectivity index (χ1v) is 32.7. The van der Waals surface area contributed by atoms with E-state index >= 15 is 0 Å². The average Bonchev–Trinajstić information content (AvgIpc) is 0.695. The van der Waals surface area contributed by atoms with Gasteiger partial charge in [0.25, 0.3) is 0 Å².